The summed E-state index contributed by atoms with van der Waals surface area (Å²) in [7, 11) is 0. The zero-order chi connectivity index (χ0) is 20.1. The SMILES string of the molecule is CCOc1ccc(C)cc1C(C)NC(=O)c1cc([N+](=O)[O-])cc([N+](=O)[O-])c1. The molecule has 2 rings (SSSR count). The Morgan fingerprint density at radius 1 is 1.11 bits per heavy atom. The van der Waals surface area contributed by atoms with Crippen molar-refractivity contribution in [2.24, 2.45) is 0 Å². The van der Waals surface area contributed by atoms with E-state index in [4.69, 9.17) is 4.74 Å². The number of nitro benzene ring substituents is 2. The smallest absolute Gasteiger partial charge is 0.277 e. The molecule has 2 aromatic rings. The monoisotopic (exact) mass is 373 g/mol. The van der Waals surface area contributed by atoms with Crippen LogP contribution in [0.3, 0.4) is 0 Å². The molecule has 0 bridgehead atoms. The van der Waals surface area contributed by atoms with Gasteiger partial charge in [0.1, 0.15) is 5.75 Å². The average molecular weight is 373 g/mol. The zero-order valence-electron chi connectivity index (χ0n) is 15.1. The number of hydrogen-bond acceptors (Lipinski definition) is 6. The van der Waals surface area contributed by atoms with Gasteiger partial charge in [-0.3, -0.25) is 25.0 Å². The number of hydrogen-bond donors (Lipinski definition) is 1. The summed E-state index contributed by atoms with van der Waals surface area (Å²) in [6, 6.07) is 7.91. The van der Waals surface area contributed by atoms with Crippen molar-refractivity contribution in [3.63, 3.8) is 0 Å². The van der Waals surface area contributed by atoms with Crippen LogP contribution in [-0.4, -0.2) is 22.4 Å². The minimum absolute atomic E-state index is 0.159. The van der Waals surface area contributed by atoms with Crippen LogP contribution >= 0.6 is 0 Å². The highest BCUT2D eigenvalue weighted by atomic mass is 16.6. The first-order chi connectivity index (χ1) is 12.7. The van der Waals surface area contributed by atoms with Crippen LogP contribution in [0.4, 0.5) is 11.4 Å². The van der Waals surface area contributed by atoms with Gasteiger partial charge in [0.2, 0.25) is 0 Å². The summed E-state index contributed by atoms with van der Waals surface area (Å²) in [4.78, 5) is 32.9. The highest BCUT2D eigenvalue weighted by Crippen LogP contribution is 2.28. The highest BCUT2D eigenvalue weighted by molar-refractivity contribution is 5.95. The minimum atomic E-state index is -0.777. The fourth-order valence-corrected chi connectivity index (χ4v) is 2.59. The van der Waals surface area contributed by atoms with Crippen molar-refractivity contribution < 1.29 is 19.4 Å². The second kappa shape index (κ2) is 8.26. The van der Waals surface area contributed by atoms with Crippen molar-refractivity contribution in [1.29, 1.82) is 0 Å². The average Bonchev–Trinajstić information content (AvgIpc) is 2.62. The number of rotatable bonds is 7. The number of aryl methyl sites for hydroxylation is 1. The van der Waals surface area contributed by atoms with Crippen LogP contribution in [0.25, 0.3) is 0 Å². The first-order valence-corrected chi connectivity index (χ1v) is 8.21. The maximum atomic E-state index is 12.5. The summed E-state index contributed by atoms with van der Waals surface area (Å²) in [5.74, 6) is -0.0424. The molecule has 9 nitrogen and oxygen atoms in total. The Bertz CT molecular complexity index is 864. The Morgan fingerprint density at radius 3 is 2.22 bits per heavy atom. The van der Waals surface area contributed by atoms with Gasteiger partial charge in [-0.2, -0.15) is 0 Å². The summed E-state index contributed by atoms with van der Waals surface area (Å²) in [6.07, 6.45) is 0. The molecule has 27 heavy (non-hydrogen) atoms. The van der Waals surface area contributed by atoms with E-state index in [1.807, 2.05) is 26.0 Å². The second-order valence-electron chi connectivity index (χ2n) is 5.92. The molecule has 0 aliphatic heterocycles. The van der Waals surface area contributed by atoms with E-state index in [-0.39, 0.29) is 5.56 Å². The molecule has 1 amide bonds. The molecule has 0 fully saturated rings. The molecular formula is C18H19N3O6. The minimum Gasteiger partial charge on any atom is -0.494 e. The number of carbonyl (C=O) groups is 1. The fraction of sp³-hybridized carbons (Fsp3) is 0.278. The molecule has 1 unspecified atom stereocenters. The van der Waals surface area contributed by atoms with E-state index < -0.39 is 33.2 Å². The predicted molar refractivity (Wildman–Crippen MR) is 98.0 cm³/mol. The maximum absolute atomic E-state index is 12.5. The lowest BCUT2D eigenvalue weighted by atomic mass is 10.0. The van der Waals surface area contributed by atoms with Gasteiger partial charge in [-0.05, 0) is 26.8 Å². The van der Waals surface area contributed by atoms with Crippen LogP contribution in [0.2, 0.25) is 0 Å². The zero-order valence-corrected chi connectivity index (χ0v) is 15.1. The molecule has 1 N–H and O–H groups in total. The van der Waals surface area contributed by atoms with Crippen LogP contribution in [0.1, 0.15) is 41.4 Å². The molecule has 2 aromatic carbocycles. The molecule has 1 atom stereocenters. The van der Waals surface area contributed by atoms with E-state index in [1.165, 1.54) is 0 Å². The number of ether oxygens (including phenoxy) is 1. The van der Waals surface area contributed by atoms with E-state index in [2.05, 4.69) is 5.32 Å². The summed E-state index contributed by atoms with van der Waals surface area (Å²) >= 11 is 0. The van der Waals surface area contributed by atoms with Gasteiger partial charge in [0.25, 0.3) is 17.3 Å². The Balaban J connectivity index is 2.33. The lowest BCUT2D eigenvalue weighted by Crippen LogP contribution is -2.27. The number of amides is 1. The fourth-order valence-electron chi connectivity index (χ4n) is 2.59. The molecule has 0 aromatic heterocycles. The largest absolute Gasteiger partial charge is 0.494 e. The van der Waals surface area contributed by atoms with Crippen molar-refractivity contribution in [2.45, 2.75) is 26.8 Å². The number of nitrogens with one attached hydrogen (secondary N) is 1. The van der Waals surface area contributed by atoms with E-state index >= 15 is 0 Å². The van der Waals surface area contributed by atoms with Gasteiger partial charge in [-0.1, -0.05) is 17.7 Å². The van der Waals surface area contributed by atoms with Crippen LogP contribution in [0.5, 0.6) is 5.75 Å². The van der Waals surface area contributed by atoms with Crippen LogP contribution in [-0.2, 0) is 0 Å². The number of carbonyl (C=O) groups excluding carboxylic acids is 1. The third kappa shape index (κ3) is 4.78. The molecule has 0 aliphatic carbocycles. The van der Waals surface area contributed by atoms with Gasteiger partial charge in [-0.15, -0.1) is 0 Å². The van der Waals surface area contributed by atoms with Gasteiger partial charge < -0.3 is 10.1 Å². The lowest BCUT2D eigenvalue weighted by molar-refractivity contribution is -0.394. The summed E-state index contributed by atoms with van der Waals surface area (Å²) in [6.45, 7) is 5.93. The third-order valence-electron chi connectivity index (χ3n) is 3.87. The van der Waals surface area contributed by atoms with E-state index in [0.717, 1.165) is 29.3 Å². The van der Waals surface area contributed by atoms with E-state index in [0.29, 0.717) is 12.4 Å². The van der Waals surface area contributed by atoms with Crippen LogP contribution in [0.15, 0.2) is 36.4 Å². The third-order valence-corrected chi connectivity index (χ3v) is 3.87. The standard InChI is InChI=1S/C18H19N3O6/c1-4-27-17-6-5-11(2)7-16(17)12(3)19-18(22)13-8-14(20(23)24)10-15(9-13)21(25)26/h5-10,12H,4H2,1-3H3,(H,19,22). The molecule has 0 heterocycles. The normalized spacial score (nSPS) is 11.5. The van der Waals surface area contributed by atoms with Crippen molar-refractivity contribution in [3.8, 4) is 5.75 Å². The first kappa shape index (κ1) is 19.8. The first-order valence-electron chi connectivity index (χ1n) is 8.21. The quantitative estimate of drug-likeness (QED) is 0.583. The maximum Gasteiger partial charge on any atom is 0.277 e. The molecule has 9 heteroatoms. The number of nitrogens with zero attached hydrogens (tertiary/aromatic N) is 2. The van der Waals surface area contributed by atoms with E-state index in [1.54, 1.807) is 13.0 Å². The second-order valence-corrected chi connectivity index (χ2v) is 5.92. The summed E-state index contributed by atoms with van der Waals surface area (Å²) in [5.41, 5.74) is 0.513. The molecule has 0 radical (unpaired) electrons. The Kier molecular flexibility index (Phi) is 6.07. The molecular weight excluding hydrogens is 354 g/mol. The van der Waals surface area contributed by atoms with Gasteiger partial charge in [0, 0.05) is 17.7 Å². The Morgan fingerprint density at radius 2 is 1.70 bits per heavy atom. The van der Waals surface area contributed by atoms with E-state index in [9.17, 15) is 25.0 Å². The molecule has 0 saturated heterocycles. The topological polar surface area (TPSA) is 125 Å². The molecule has 0 saturated carbocycles. The van der Waals surface area contributed by atoms with Gasteiger partial charge in [0.05, 0.1) is 34.1 Å². The van der Waals surface area contributed by atoms with Crippen LogP contribution < -0.4 is 10.1 Å². The molecule has 142 valence electrons. The predicted octanol–water partition coefficient (Wildman–Crippen LogP) is 3.70. The van der Waals surface area contributed by atoms with Crippen molar-refractivity contribution in [2.75, 3.05) is 6.61 Å². The number of nitro groups is 2. The number of non-ortho nitro benzene ring substituents is 2. The Labute approximate surface area is 155 Å². The van der Waals surface area contributed by atoms with Crippen molar-refractivity contribution >= 4 is 17.3 Å². The van der Waals surface area contributed by atoms with Crippen LogP contribution in [0, 0.1) is 27.2 Å². The van der Waals surface area contributed by atoms with Gasteiger partial charge >= 0.3 is 0 Å². The number of benzene rings is 2. The molecule has 0 aliphatic rings. The van der Waals surface area contributed by atoms with Crippen molar-refractivity contribution in [3.05, 3.63) is 73.3 Å². The van der Waals surface area contributed by atoms with Crippen molar-refractivity contribution in [1.82, 2.24) is 5.32 Å². The Hall–Kier alpha value is -3.49. The lowest BCUT2D eigenvalue weighted by Gasteiger charge is -2.18. The molecule has 0 spiro atoms. The summed E-state index contributed by atoms with van der Waals surface area (Å²) < 4.78 is 5.57. The van der Waals surface area contributed by atoms with Gasteiger partial charge in [0.15, 0.2) is 0 Å². The highest BCUT2D eigenvalue weighted by Gasteiger charge is 2.22. The van der Waals surface area contributed by atoms with Gasteiger partial charge in [-0.25, -0.2) is 0 Å². The summed E-state index contributed by atoms with van der Waals surface area (Å²) in [5, 5.41) is 24.7.